The summed E-state index contributed by atoms with van der Waals surface area (Å²) in [6, 6.07) is 0. The summed E-state index contributed by atoms with van der Waals surface area (Å²) in [5.41, 5.74) is 1.56. The van der Waals surface area contributed by atoms with Crippen LogP contribution in [0.5, 0.6) is 0 Å². The number of allylic oxidation sites excluding steroid dienone is 1. The number of rotatable bonds is 5. The van der Waals surface area contributed by atoms with Crippen LogP contribution < -0.4 is 0 Å². The molecule has 0 amide bonds. The van der Waals surface area contributed by atoms with Gasteiger partial charge >= 0.3 is 5.97 Å². The number of carbonyl (C=O) groups is 2. The van der Waals surface area contributed by atoms with E-state index >= 15 is 0 Å². The molecule has 0 spiro atoms. The lowest BCUT2D eigenvalue weighted by Gasteiger charge is -2.04. The third-order valence-electron chi connectivity index (χ3n) is 3.05. The van der Waals surface area contributed by atoms with Gasteiger partial charge in [0.15, 0.2) is 5.78 Å². The Kier molecular flexibility index (Phi) is 4.06. The van der Waals surface area contributed by atoms with Crippen molar-refractivity contribution in [2.24, 2.45) is 5.92 Å². The van der Waals surface area contributed by atoms with E-state index in [2.05, 4.69) is 6.92 Å². The zero-order valence-corrected chi connectivity index (χ0v) is 9.38. The van der Waals surface area contributed by atoms with Gasteiger partial charge in [-0.05, 0) is 25.3 Å². The average Bonchev–Trinajstić information content (AvgIpc) is 2.45. The van der Waals surface area contributed by atoms with Crippen molar-refractivity contribution in [3.8, 4) is 0 Å². The van der Waals surface area contributed by atoms with E-state index in [-0.39, 0.29) is 12.2 Å². The Bertz CT molecular complexity index is 302. The van der Waals surface area contributed by atoms with Gasteiger partial charge in [0.1, 0.15) is 0 Å². The van der Waals surface area contributed by atoms with Crippen molar-refractivity contribution in [2.45, 2.75) is 46.0 Å². The lowest BCUT2D eigenvalue weighted by molar-refractivity contribution is -0.141. The normalized spacial score (nSPS) is 21.2. The zero-order chi connectivity index (χ0) is 11.4. The SMILES string of the molecule is CCCCCC1=C(C)C(C(=O)O)CC1=O. The third kappa shape index (κ3) is 2.67. The van der Waals surface area contributed by atoms with Gasteiger partial charge in [-0.15, -0.1) is 0 Å². The van der Waals surface area contributed by atoms with Crippen molar-refractivity contribution >= 4 is 11.8 Å². The van der Waals surface area contributed by atoms with E-state index in [9.17, 15) is 9.59 Å². The number of hydrogen-bond acceptors (Lipinski definition) is 2. The van der Waals surface area contributed by atoms with Crippen molar-refractivity contribution in [3.63, 3.8) is 0 Å². The van der Waals surface area contributed by atoms with Crippen molar-refractivity contribution in [1.29, 1.82) is 0 Å². The summed E-state index contributed by atoms with van der Waals surface area (Å²) in [5.74, 6) is -1.39. The number of carbonyl (C=O) groups excluding carboxylic acids is 1. The first-order valence-electron chi connectivity index (χ1n) is 5.53. The summed E-state index contributed by atoms with van der Waals surface area (Å²) in [7, 11) is 0. The number of aliphatic carboxylic acids is 1. The van der Waals surface area contributed by atoms with Crippen LogP contribution in [0.3, 0.4) is 0 Å². The first-order chi connectivity index (χ1) is 7.07. The van der Waals surface area contributed by atoms with Gasteiger partial charge in [-0.3, -0.25) is 9.59 Å². The molecule has 0 heterocycles. The number of carboxylic acids is 1. The van der Waals surface area contributed by atoms with Crippen molar-refractivity contribution in [1.82, 2.24) is 0 Å². The minimum atomic E-state index is -0.869. The molecule has 0 bridgehead atoms. The van der Waals surface area contributed by atoms with Gasteiger partial charge in [-0.25, -0.2) is 0 Å². The van der Waals surface area contributed by atoms with Gasteiger partial charge in [0, 0.05) is 6.42 Å². The Labute approximate surface area is 90.2 Å². The van der Waals surface area contributed by atoms with Crippen LogP contribution >= 0.6 is 0 Å². The van der Waals surface area contributed by atoms with Crippen LogP contribution in [0, 0.1) is 5.92 Å². The highest BCUT2D eigenvalue weighted by molar-refractivity contribution is 6.02. The maximum absolute atomic E-state index is 11.6. The minimum absolute atomic E-state index is 0.0380. The molecular formula is C12H18O3. The summed E-state index contributed by atoms with van der Waals surface area (Å²) in [6.07, 6.45) is 4.12. The van der Waals surface area contributed by atoms with Crippen molar-refractivity contribution in [3.05, 3.63) is 11.1 Å². The minimum Gasteiger partial charge on any atom is -0.481 e. The molecule has 15 heavy (non-hydrogen) atoms. The standard InChI is InChI=1S/C12H18O3/c1-3-4-5-6-9-8(2)10(12(14)15)7-11(9)13/h10H,3-7H2,1-2H3,(H,14,15). The highest BCUT2D eigenvalue weighted by atomic mass is 16.4. The summed E-state index contributed by atoms with van der Waals surface area (Å²) in [4.78, 5) is 22.4. The van der Waals surface area contributed by atoms with Gasteiger partial charge < -0.3 is 5.11 Å². The first-order valence-corrected chi connectivity index (χ1v) is 5.53. The molecule has 1 rings (SSSR count). The summed E-state index contributed by atoms with van der Waals surface area (Å²) < 4.78 is 0. The molecule has 1 N–H and O–H groups in total. The number of hydrogen-bond donors (Lipinski definition) is 1. The lowest BCUT2D eigenvalue weighted by atomic mass is 10.0. The quantitative estimate of drug-likeness (QED) is 0.709. The molecule has 1 unspecified atom stereocenters. The second-order valence-electron chi connectivity index (χ2n) is 4.14. The van der Waals surface area contributed by atoms with Crippen molar-refractivity contribution < 1.29 is 14.7 Å². The van der Waals surface area contributed by atoms with Crippen LogP contribution in [0.2, 0.25) is 0 Å². The lowest BCUT2D eigenvalue weighted by Crippen LogP contribution is -2.12. The zero-order valence-electron chi connectivity index (χ0n) is 9.38. The molecule has 0 fully saturated rings. The average molecular weight is 210 g/mol. The fraction of sp³-hybridized carbons (Fsp3) is 0.667. The van der Waals surface area contributed by atoms with E-state index in [1.54, 1.807) is 6.92 Å². The molecule has 0 aromatic rings. The number of carboxylic acid groups (broad SMARTS) is 1. The van der Waals surface area contributed by atoms with E-state index in [0.29, 0.717) is 0 Å². The molecule has 84 valence electrons. The summed E-state index contributed by atoms with van der Waals surface area (Å²) in [6.45, 7) is 3.89. The third-order valence-corrected chi connectivity index (χ3v) is 3.05. The Morgan fingerprint density at radius 1 is 1.47 bits per heavy atom. The maximum atomic E-state index is 11.6. The number of Topliss-reactive ketones (excluding diaryl/α,β-unsaturated/α-hetero) is 1. The topological polar surface area (TPSA) is 54.4 Å². The predicted molar refractivity (Wildman–Crippen MR) is 57.6 cm³/mol. The molecule has 0 aliphatic heterocycles. The fourth-order valence-electron chi connectivity index (χ4n) is 2.05. The Hall–Kier alpha value is -1.12. The largest absolute Gasteiger partial charge is 0.481 e. The van der Waals surface area contributed by atoms with Crippen LogP contribution in [0.1, 0.15) is 46.0 Å². The van der Waals surface area contributed by atoms with Gasteiger partial charge in [0.25, 0.3) is 0 Å². The second-order valence-corrected chi connectivity index (χ2v) is 4.14. The summed E-state index contributed by atoms with van der Waals surface area (Å²) >= 11 is 0. The van der Waals surface area contributed by atoms with Crippen LogP contribution in [0.15, 0.2) is 11.1 Å². The monoisotopic (exact) mass is 210 g/mol. The molecular weight excluding hydrogens is 192 g/mol. The van der Waals surface area contributed by atoms with E-state index in [4.69, 9.17) is 5.11 Å². The number of ketones is 1. The van der Waals surface area contributed by atoms with Crippen molar-refractivity contribution in [2.75, 3.05) is 0 Å². The summed E-state index contributed by atoms with van der Waals surface area (Å²) in [5, 5.41) is 8.90. The predicted octanol–water partition coefficient (Wildman–Crippen LogP) is 2.56. The highest BCUT2D eigenvalue weighted by Gasteiger charge is 2.33. The molecule has 0 saturated carbocycles. The molecule has 1 aliphatic rings. The first kappa shape index (κ1) is 12.0. The molecule has 0 saturated heterocycles. The Morgan fingerprint density at radius 2 is 2.13 bits per heavy atom. The molecule has 3 heteroatoms. The van der Waals surface area contributed by atoms with Crippen LogP contribution in [-0.2, 0) is 9.59 Å². The Balaban J connectivity index is 2.67. The van der Waals surface area contributed by atoms with Crippen LogP contribution in [-0.4, -0.2) is 16.9 Å². The molecule has 0 radical (unpaired) electrons. The van der Waals surface area contributed by atoms with Crippen LogP contribution in [0.4, 0.5) is 0 Å². The second kappa shape index (κ2) is 5.10. The van der Waals surface area contributed by atoms with Gasteiger partial charge in [0.2, 0.25) is 0 Å². The Morgan fingerprint density at radius 3 is 2.60 bits per heavy atom. The highest BCUT2D eigenvalue weighted by Crippen LogP contribution is 2.32. The maximum Gasteiger partial charge on any atom is 0.311 e. The molecule has 1 atom stereocenters. The van der Waals surface area contributed by atoms with Gasteiger partial charge in [0.05, 0.1) is 5.92 Å². The molecule has 3 nitrogen and oxygen atoms in total. The number of unbranched alkanes of at least 4 members (excludes halogenated alkanes) is 2. The van der Waals surface area contributed by atoms with Gasteiger partial charge in [-0.1, -0.05) is 25.3 Å². The smallest absolute Gasteiger partial charge is 0.311 e. The van der Waals surface area contributed by atoms with Gasteiger partial charge in [-0.2, -0.15) is 0 Å². The molecule has 0 aromatic carbocycles. The molecule has 0 aromatic heterocycles. The fourth-order valence-corrected chi connectivity index (χ4v) is 2.05. The van der Waals surface area contributed by atoms with E-state index < -0.39 is 11.9 Å². The molecule has 1 aliphatic carbocycles. The van der Waals surface area contributed by atoms with E-state index in [0.717, 1.165) is 36.8 Å². The van der Waals surface area contributed by atoms with Crippen LogP contribution in [0.25, 0.3) is 0 Å². The van der Waals surface area contributed by atoms with E-state index in [1.807, 2.05) is 0 Å². The van der Waals surface area contributed by atoms with E-state index in [1.165, 1.54) is 0 Å².